The third kappa shape index (κ3) is 4.08. The van der Waals surface area contributed by atoms with Crippen molar-refractivity contribution in [2.24, 2.45) is 0 Å². The van der Waals surface area contributed by atoms with Crippen LogP contribution in [0.4, 0.5) is 0 Å². The summed E-state index contributed by atoms with van der Waals surface area (Å²) in [5.74, 6) is -0.419. The molecule has 4 rings (SSSR count). The molecular weight excluding hydrogens is 423 g/mol. The number of benzene rings is 3. The highest BCUT2D eigenvalue weighted by atomic mass is 35.5. The van der Waals surface area contributed by atoms with Crippen molar-refractivity contribution >= 4 is 40.5 Å². The Kier molecular flexibility index (Phi) is 5.72. The summed E-state index contributed by atoms with van der Waals surface area (Å²) in [6, 6.07) is 25.3. The molecule has 1 aromatic heterocycles. The predicted molar refractivity (Wildman–Crippen MR) is 122 cm³/mol. The SMILES string of the molecule is COC(=O)c1cc(Cl)ccc1-c1cc(-c2ccccc2)sc1-c1ccc(Cl)cc1. The second-order valence-electron chi connectivity index (χ2n) is 6.41. The van der Waals surface area contributed by atoms with Crippen LogP contribution in [0.5, 0.6) is 0 Å². The third-order valence-corrected chi connectivity index (χ3v) is 6.29. The Labute approximate surface area is 183 Å². The van der Waals surface area contributed by atoms with Crippen LogP contribution >= 0.6 is 34.5 Å². The molecular formula is C24H16Cl2O2S. The van der Waals surface area contributed by atoms with Gasteiger partial charge in [0.2, 0.25) is 0 Å². The van der Waals surface area contributed by atoms with Gasteiger partial charge >= 0.3 is 5.97 Å². The Morgan fingerprint density at radius 2 is 1.48 bits per heavy atom. The van der Waals surface area contributed by atoms with E-state index in [4.69, 9.17) is 27.9 Å². The molecule has 0 N–H and O–H groups in total. The van der Waals surface area contributed by atoms with E-state index >= 15 is 0 Å². The van der Waals surface area contributed by atoms with Gasteiger partial charge in [-0.15, -0.1) is 11.3 Å². The van der Waals surface area contributed by atoms with Crippen LogP contribution in [0.1, 0.15) is 10.4 Å². The molecule has 0 aliphatic heterocycles. The van der Waals surface area contributed by atoms with Crippen molar-refractivity contribution in [1.82, 2.24) is 0 Å². The average molecular weight is 439 g/mol. The molecule has 2 nitrogen and oxygen atoms in total. The number of carbonyl (C=O) groups is 1. The Balaban J connectivity index is 1.96. The molecule has 0 atom stereocenters. The lowest BCUT2D eigenvalue weighted by molar-refractivity contribution is 0.0601. The predicted octanol–water partition coefficient (Wildman–Crippen LogP) is 7.84. The minimum atomic E-state index is -0.419. The fraction of sp³-hybridized carbons (Fsp3) is 0.0417. The smallest absolute Gasteiger partial charge is 0.338 e. The summed E-state index contributed by atoms with van der Waals surface area (Å²) in [5, 5.41) is 1.16. The quantitative estimate of drug-likeness (QED) is 0.303. The van der Waals surface area contributed by atoms with E-state index in [1.165, 1.54) is 7.11 Å². The fourth-order valence-corrected chi connectivity index (χ4v) is 4.66. The van der Waals surface area contributed by atoms with Crippen LogP contribution in [0.3, 0.4) is 0 Å². The number of ether oxygens (including phenoxy) is 1. The molecule has 29 heavy (non-hydrogen) atoms. The summed E-state index contributed by atoms with van der Waals surface area (Å²) >= 11 is 13.9. The van der Waals surface area contributed by atoms with Crippen molar-refractivity contribution in [3.8, 4) is 32.0 Å². The van der Waals surface area contributed by atoms with E-state index in [0.717, 1.165) is 32.0 Å². The molecule has 0 saturated carbocycles. The number of hydrogen-bond acceptors (Lipinski definition) is 3. The fourth-order valence-electron chi connectivity index (χ4n) is 3.18. The van der Waals surface area contributed by atoms with Gasteiger partial charge in [-0.1, -0.05) is 71.7 Å². The van der Waals surface area contributed by atoms with Gasteiger partial charge in [-0.25, -0.2) is 4.79 Å². The number of rotatable bonds is 4. The first kappa shape index (κ1) is 19.7. The number of esters is 1. The minimum Gasteiger partial charge on any atom is -0.465 e. The van der Waals surface area contributed by atoms with Crippen LogP contribution < -0.4 is 0 Å². The van der Waals surface area contributed by atoms with Gasteiger partial charge in [0.05, 0.1) is 12.7 Å². The lowest BCUT2D eigenvalue weighted by Gasteiger charge is -2.10. The highest BCUT2D eigenvalue weighted by Gasteiger charge is 2.20. The first-order chi connectivity index (χ1) is 14.1. The first-order valence-corrected chi connectivity index (χ1v) is 10.5. The minimum absolute atomic E-state index is 0.419. The third-order valence-electron chi connectivity index (χ3n) is 4.57. The molecule has 4 aromatic rings. The highest BCUT2D eigenvalue weighted by Crippen LogP contribution is 2.44. The van der Waals surface area contributed by atoms with Gasteiger partial charge in [-0.05, 0) is 47.0 Å². The summed E-state index contributed by atoms with van der Waals surface area (Å²) in [5.41, 5.74) is 4.32. The molecule has 0 aliphatic rings. The lowest BCUT2D eigenvalue weighted by Crippen LogP contribution is -2.03. The standard InChI is InChI=1S/C24H16Cl2O2S/c1-28-24(27)21-13-18(26)11-12-19(21)20-14-22(15-5-3-2-4-6-15)29-23(20)16-7-9-17(25)10-8-16/h2-14H,1H3. The molecule has 144 valence electrons. The van der Waals surface area contributed by atoms with E-state index in [2.05, 4.69) is 18.2 Å². The van der Waals surface area contributed by atoms with Crippen molar-refractivity contribution in [3.63, 3.8) is 0 Å². The van der Waals surface area contributed by atoms with Gasteiger partial charge in [-0.2, -0.15) is 0 Å². The molecule has 0 radical (unpaired) electrons. The summed E-state index contributed by atoms with van der Waals surface area (Å²) in [7, 11) is 1.37. The Hall–Kier alpha value is -2.59. The van der Waals surface area contributed by atoms with Crippen LogP contribution in [-0.2, 0) is 4.74 Å². The number of halogens is 2. The second-order valence-corrected chi connectivity index (χ2v) is 8.33. The van der Waals surface area contributed by atoms with Gasteiger partial charge < -0.3 is 4.74 Å². The maximum absolute atomic E-state index is 12.4. The molecule has 0 saturated heterocycles. The van der Waals surface area contributed by atoms with Gasteiger partial charge in [-0.3, -0.25) is 0 Å². The van der Waals surface area contributed by atoms with Crippen LogP contribution in [-0.4, -0.2) is 13.1 Å². The van der Waals surface area contributed by atoms with E-state index in [9.17, 15) is 4.79 Å². The van der Waals surface area contributed by atoms with Crippen LogP contribution in [0.2, 0.25) is 10.0 Å². The van der Waals surface area contributed by atoms with Crippen LogP contribution in [0.15, 0.2) is 78.9 Å². The zero-order chi connectivity index (χ0) is 20.4. The highest BCUT2D eigenvalue weighted by molar-refractivity contribution is 7.19. The van der Waals surface area contributed by atoms with Gasteiger partial charge in [0.15, 0.2) is 0 Å². The molecule has 0 fully saturated rings. The largest absolute Gasteiger partial charge is 0.465 e. The summed E-state index contributed by atoms with van der Waals surface area (Å²) in [4.78, 5) is 14.6. The van der Waals surface area contributed by atoms with Crippen LogP contribution in [0, 0.1) is 0 Å². The van der Waals surface area contributed by atoms with Gasteiger partial charge in [0.25, 0.3) is 0 Å². The van der Waals surface area contributed by atoms with E-state index in [1.807, 2.05) is 48.5 Å². The number of methoxy groups -OCH3 is 1. The number of carbonyl (C=O) groups excluding carboxylic acids is 1. The van der Waals surface area contributed by atoms with Gasteiger partial charge in [0.1, 0.15) is 0 Å². The molecule has 0 aliphatic carbocycles. The first-order valence-electron chi connectivity index (χ1n) is 8.90. The van der Waals surface area contributed by atoms with E-state index in [-0.39, 0.29) is 0 Å². The zero-order valence-corrected chi connectivity index (χ0v) is 17.8. The Bertz CT molecular complexity index is 1170. The Morgan fingerprint density at radius 1 is 0.793 bits per heavy atom. The van der Waals surface area contributed by atoms with Crippen molar-refractivity contribution < 1.29 is 9.53 Å². The maximum atomic E-state index is 12.4. The van der Waals surface area contributed by atoms with E-state index in [0.29, 0.717) is 15.6 Å². The van der Waals surface area contributed by atoms with Crippen molar-refractivity contribution in [1.29, 1.82) is 0 Å². The lowest BCUT2D eigenvalue weighted by atomic mass is 9.97. The van der Waals surface area contributed by atoms with Crippen molar-refractivity contribution in [2.45, 2.75) is 0 Å². The monoisotopic (exact) mass is 438 g/mol. The molecule has 0 bridgehead atoms. The molecule has 0 spiro atoms. The topological polar surface area (TPSA) is 26.3 Å². The summed E-state index contributed by atoms with van der Waals surface area (Å²) in [6.45, 7) is 0. The second kappa shape index (κ2) is 8.42. The van der Waals surface area contributed by atoms with Crippen molar-refractivity contribution in [3.05, 3.63) is 94.5 Å². The normalized spacial score (nSPS) is 10.7. The Morgan fingerprint density at radius 3 is 2.17 bits per heavy atom. The van der Waals surface area contributed by atoms with Gasteiger partial charge in [0, 0.05) is 25.4 Å². The molecule has 1 heterocycles. The number of hydrogen-bond donors (Lipinski definition) is 0. The molecule has 3 aromatic carbocycles. The van der Waals surface area contributed by atoms with E-state index in [1.54, 1.807) is 23.5 Å². The summed E-state index contributed by atoms with van der Waals surface area (Å²) in [6.07, 6.45) is 0. The summed E-state index contributed by atoms with van der Waals surface area (Å²) < 4.78 is 4.99. The molecule has 0 amide bonds. The average Bonchev–Trinajstić information content (AvgIpc) is 3.19. The van der Waals surface area contributed by atoms with E-state index < -0.39 is 5.97 Å². The maximum Gasteiger partial charge on any atom is 0.338 e. The number of thiophene rings is 1. The molecule has 0 unspecified atom stereocenters. The van der Waals surface area contributed by atoms with Crippen molar-refractivity contribution in [2.75, 3.05) is 7.11 Å². The van der Waals surface area contributed by atoms with Crippen LogP contribution in [0.25, 0.3) is 32.0 Å². The molecule has 5 heteroatoms. The zero-order valence-electron chi connectivity index (χ0n) is 15.5.